The van der Waals surface area contributed by atoms with Crippen LogP contribution in [0.3, 0.4) is 0 Å². The summed E-state index contributed by atoms with van der Waals surface area (Å²) >= 11 is 0. The van der Waals surface area contributed by atoms with Crippen molar-refractivity contribution in [2.75, 3.05) is 47.3 Å². The Bertz CT molecular complexity index is 363. The van der Waals surface area contributed by atoms with E-state index in [1.54, 1.807) is 14.0 Å². The van der Waals surface area contributed by atoms with Crippen molar-refractivity contribution < 1.29 is 37.0 Å². The average Bonchev–Trinajstić information content (AvgIpc) is 2.74. The van der Waals surface area contributed by atoms with Crippen molar-refractivity contribution in [3.63, 3.8) is 0 Å². The third-order valence-electron chi connectivity index (χ3n) is 2.16. The number of carbonyl (C=O) groups excluding carboxylic acids is 2. The molecule has 0 aromatic heterocycles. The van der Waals surface area contributed by atoms with Gasteiger partial charge in [-0.05, 0) is 26.7 Å². The van der Waals surface area contributed by atoms with Crippen LogP contribution in [0.2, 0.25) is 0 Å². The van der Waals surface area contributed by atoms with Crippen LogP contribution in [0.1, 0.15) is 74.7 Å². The summed E-state index contributed by atoms with van der Waals surface area (Å²) in [5, 5.41) is 0. The highest BCUT2D eigenvalue weighted by Crippen LogP contribution is 2.05. The highest BCUT2D eigenvalue weighted by molar-refractivity contribution is 5.72. The molecule has 0 radical (unpaired) electrons. The van der Waals surface area contributed by atoms with Crippen molar-refractivity contribution in [1.82, 2.24) is 0 Å². The van der Waals surface area contributed by atoms with Gasteiger partial charge in [-0.15, -0.1) is 0 Å². The predicted molar refractivity (Wildman–Crippen MR) is 126 cm³/mol. The summed E-state index contributed by atoms with van der Waals surface area (Å²) in [6.07, 6.45) is -0.369. The number of ether oxygens (including phenoxy) is 3. The van der Waals surface area contributed by atoms with E-state index in [1.807, 2.05) is 6.92 Å². The first-order valence-corrected chi connectivity index (χ1v) is 10.7. The second-order valence-corrected chi connectivity index (χ2v) is 6.20. The van der Waals surface area contributed by atoms with E-state index in [1.165, 1.54) is 34.8 Å². The normalized spacial score (nSPS) is 10.3. The number of ketones is 1. The summed E-state index contributed by atoms with van der Waals surface area (Å²) in [6.45, 7) is 23.1. The van der Waals surface area contributed by atoms with Crippen molar-refractivity contribution in [1.29, 1.82) is 0 Å². The van der Waals surface area contributed by atoms with Gasteiger partial charge in [-0.2, -0.15) is 0 Å². The lowest BCUT2D eigenvalue weighted by Gasteiger charge is -2.20. The number of esters is 1. The number of hydrogen-bond acceptors (Lipinski definition) is 5. The molecule has 1 saturated heterocycles. The smallest absolute Gasteiger partial charge is 0.302 e. The maximum atomic E-state index is 10.8. The Morgan fingerprint density at radius 3 is 1.34 bits per heavy atom. The molecule has 6 nitrogen and oxygen atoms in total. The lowest BCUT2D eigenvalue weighted by atomic mass is 10.2. The van der Waals surface area contributed by atoms with E-state index < -0.39 is 6.43 Å². The monoisotopic (exact) mass is 475 g/mol. The summed E-state index contributed by atoms with van der Waals surface area (Å²) in [5.41, 5.74) is 0. The van der Waals surface area contributed by atoms with Crippen molar-refractivity contribution in [2.24, 2.45) is 5.92 Å². The minimum atomic E-state index is -2.12. The van der Waals surface area contributed by atoms with Crippen LogP contribution in [0.4, 0.5) is 13.2 Å². The second kappa shape index (κ2) is 47.2. The molecule has 196 valence electrons. The minimum Gasteiger partial charge on any atom is -0.469 e. The summed E-state index contributed by atoms with van der Waals surface area (Å²) < 4.78 is 45.9. The number of halogens is 3. The van der Waals surface area contributed by atoms with Gasteiger partial charge in [0.2, 0.25) is 13.0 Å². The SMILES string of the molecule is CC(C)=O.CC1COC1.CCC(F)F.CCCF.CCCOC.COC(C)=O.[C-]#[N+]CC. The molecule has 0 aliphatic carbocycles. The van der Waals surface area contributed by atoms with E-state index in [2.05, 4.69) is 23.4 Å². The predicted octanol–water partition coefficient (Wildman–Crippen LogP) is 6.42. The number of nitrogens with zero attached hydrogens (tertiary/aromatic N) is 1. The Morgan fingerprint density at radius 2 is 1.34 bits per heavy atom. The zero-order valence-corrected chi connectivity index (χ0v) is 21.9. The lowest BCUT2D eigenvalue weighted by Crippen LogP contribution is -2.23. The van der Waals surface area contributed by atoms with Gasteiger partial charge in [0.1, 0.15) is 5.78 Å². The molecule has 0 amide bonds. The number of methoxy groups -OCH3 is 2. The molecule has 0 aromatic carbocycles. The Balaban J connectivity index is -0.0000000618. The van der Waals surface area contributed by atoms with E-state index in [4.69, 9.17) is 16.0 Å². The largest absolute Gasteiger partial charge is 0.469 e. The van der Waals surface area contributed by atoms with Gasteiger partial charge >= 0.3 is 5.97 Å². The van der Waals surface area contributed by atoms with E-state index in [0.29, 0.717) is 13.0 Å². The third-order valence-corrected chi connectivity index (χ3v) is 2.16. The molecule has 32 heavy (non-hydrogen) atoms. The molecule has 0 atom stereocenters. The fraction of sp³-hybridized carbons (Fsp3) is 0.870. The van der Waals surface area contributed by atoms with Crippen LogP contribution in [0.5, 0.6) is 0 Å². The quantitative estimate of drug-likeness (QED) is 0.347. The minimum absolute atomic E-state index is 0.0278. The topological polar surface area (TPSA) is 66.2 Å². The summed E-state index contributed by atoms with van der Waals surface area (Å²) in [6, 6.07) is 0. The maximum Gasteiger partial charge on any atom is 0.302 e. The fourth-order valence-electron chi connectivity index (χ4n) is 0.558. The molecule has 0 spiro atoms. The molecule has 1 fully saturated rings. The number of hydrogen-bond donors (Lipinski definition) is 0. The number of rotatable bonds is 4. The highest BCUT2D eigenvalue weighted by Gasteiger charge is 2.09. The standard InChI is InChI=1S/C4H8O.C4H10O.C3H6F2.C3H7F.C3H5N.C3H6O2.C3H6O/c1-4-2-5-3-4;1-3-4-5-2;1-2-3(4)5;1-2-3-4;1-3-4-2;1-3(4)5-2;1-3(2)4/h4H,2-3H2,1H3;3-4H2,1-2H3;3H,2H2,1H3;2-3H2,1H3;3H2,1H3;1-2H3;1-2H3. The van der Waals surface area contributed by atoms with Gasteiger partial charge in [0, 0.05) is 39.9 Å². The van der Waals surface area contributed by atoms with Crippen LogP contribution in [0.15, 0.2) is 0 Å². The molecule has 0 unspecified atom stereocenters. The van der Waals surface area contributed by atoms with Crippen LogP contribution in [0.25, 0.3) is 4.85 Å². The van der Waals surface area contributed by atoms with Crippen molar-refractivity contribution in [3.8, 4) is 0 Å². The first-order valence-electron chi connectivity index (χ1n) is 10.7. The van der Waals surface area contributed by atoms with E-state index in [-0.39, 0.29) is 24.8 Å². The van der Waals surface area contributed by atoms with Crippen molar-refractivity contribution in [3.05, 3.63) is 11.4 Å². The van der Waals surface area contributed by atoms with Crippen LogP contribution in [-0.2, 0) is 23.8 Å². The maximum absolute atomic E-state index is 10.8. The zero-order chi connectivity index (χ0) is 26.8. The first-order chi connectivity index (χ1) is 14.9. The molecule has 1 aliphatic rings. The van der Waals surface area contributed by atoms with Crippen molar-refractivity contribution in [2.45, 2.75) is 81.1 Å². The van der Waals surface area contributed by atoms with E-state index >= 15 is 0 Å². The molecular weight excluding hydrogens is 427 g/mol. The highest BCUT2D eigenvalue weighted by atomic mass is 19.3. The Hall–Kier alpha value is -1.66. The lowest BCUT2D eigenvalue weighted by molar-refractivity contribution is -0.137. The molecule has 1 rings (SSSR count). The molecule has 9 heteroatoms. The first kappa shape index (κ1) is 44.1. The Morgan fingerprint density at radius 1 is 1.06 bits per heavy atom. The number of carbonyl (C=O) groups is 2. The van der Waals surface area contributed by atoms with Gasteiger partial charge in [0.25, 0.3) is 0 Å². The third kappa shape index (κ3) is 139. The average molecular weight is 476 g/mol. The van der Waals surface area contributed by atoms with Crippen LogP contribution < -0.4 is 0 Å². The van der Waals surface area contributed by atoms with Gasteiger partial charge in [-0.25, -0.2) is 15.4 Å². The molecule has 0 N–H and O–H groups in total. The zero-order valence-electron chi connectivity index (χ0n) is 21.9. The van der Waals surface area contributed by atoms with E-state index in [0.717, 1.165) is 32.2 Å². The number of Topliss-reactive ketones (excluding diaryl/α,β-unsaturated/α-hetero) is 1. The summed E-state index contributed by atoms with van der Waals surface area (Å²) in [4.78, 5) is 22.0. The van der Waals surface area contributed by atoms with Crippen LogP contribution in [0, 0.1) is 12.5 Å². The van der Waals surface area contributed by atoms with Gasteiger partial charge in [-0.3, -0.25) is 9.18 Å². The molecule has 1 aliphatic heterocycles. The van der Waals surface area contributed by atoms with E-state index in [9.17, 15) is 22.8 Å². The second-order valence-electron chi connectivity index (χ2n) is 6.20. The molecule has 0 aromatic rings. The Labute approximate surface area is 195 Å². The van der Waals surface area contributed by atoms with Gasteiger partial charge in [0.15, 0.2) is 0 Å². The van der Waals surface area contributed by atoms with Gasteiger partial charge in [-0.1, -0.05) is 27.7 Å². The molecule has 0 bridgehead atoms. The van der Waals surface area contributed by atoms with Crippen LogP contribution in [-0.4, -0.2) is 65.4 Å². The van der Waals surface area contributed by atoms with Gasteiger partial charge in [0.05, 0.1) is 27.0 Å². The molecular formula is C23H48F3NO5. The number of alkyl halides is 3. The van der Waals surface area contributed by atoms with Crippen LogP contribution >= 0.6 is 0 Å². The van der Waals surface area contributed by atoms with Crippen molar-refractivity contribution >= 4 is 11.8 Å². The van der Waals surface area contributed by atoms with Gasteiger partial charge < -0.3 is 23.9 Å². The molecule has 1 heterocycles. The summed E-state index contributed by atoms with van der Waals surface area (Å²) in [7, 11) is 3.06. The Kier molecular flexibility index (Phi) is 65.0. The summed E-state index contributed by atoms with van der Waals surface area (Å²) in [5.74, 6) is 0.764. The molecule has 0 saturated carbocycles. The fourth-order valence-corrected chi connectivity index (χ4v) is 0.558.